The Balaban J connectivity index is 1.98. The first-order valence-corrected chi connectivity index (χ1v) is 6.75. The second kappa shape index (κ2) is 5.46. The predicted molar refractivity (Wildman–Crippen MR) is 77.9 cm³/mol. The molecule has 5 heteroatoms. The van der Waals surface area contributed by atoms with Crippen LogP contribution in [0.3, 0.4) is 0 Å². The van der Waals surface area contributed by atoms with Crippen LogP contribution in [0, 0.1) is 0 Å². The second-order valence-corrected chi connectivity index (χ2v) is 4.79. The van der Waals surface area contributed by atoms with Crippen LogP contribution in [-0.2, 0) is 6.42 Å². The summed E-state index contributed by atoms with van der Waals surface area (Å²) < 4.78 is 5.17. The number of hydrogen-bond acceptors (Lipinski definition) is 5. The summed E-state index contributed by atoms with van der Waals surface area (Å²) in [6.45, 7) is 1.41. The van der Waals surface area contributed by atoms with E-state index in [-0.39, 0.29) is 6.04 Å². The van der Waals surface area contributed by atoms with Crippen LogP contribution in [0.2, 0.25) is 0 Å². The number of rotatable bonds is 3. The smallest absolute Gasteiger partial charge is 0.229 e. The molecule has 0 spiro atoms. The second-order valence-electron chi connectivity index (χ2n) is 4.79. The number of ether oxygens (including phenoxy) is 1. The molecule has 5 nitrogen and oxygen atoms in total. The fourth-order valence-electron chi connectivity index (χ4n) is 2.73. The van der Waals surface area contributed by atoms with Crippen molar-refractivity contribution >= 4 is 5.95 Å². The van der Waals surface area contributed by atoms with E-state index in [0.29, 0.717) is 18.4 Å². The lowest BCUT2D eigenvalue weighted by Crippen LogP contribution is -2.40. The van der Waals surface area contributed by atoms with Gasteiger partial charge in [-0.25, -0.2) is 4.98 Å². The fourth-order valence-corrected chi connectivity index (χ4v) is 2.73. The van der Waals surface area contributed by atoms with E-state index in [1.807, 2.05) is 0 Å². The minimum atomic E-state index is 0.118. The van der Waals surface area contributed by atoms with Crippen LogP contribution < -0.4 is 15.4 Å². The summed E-state index contributed by atoms with van der Waals surface area (Å²) in [6, 6.07) is 10.3. The van der Waals surface area contributed by atoms with Gasteiger partial charge in [0, 0.05) is 25.4 Å². The van der Waals surface area contributed by atoms with Gasteiger partial charge in [-0.15, -0.1) is 0 Å². The molecule has 2 heterocycles. The van der Waals surface area contributed by atoms with Crippen molar-refractivity contribution in [3.05, 3.63) is 47.7 Å². The number of benzene rings is 1. The van der Waals surface area contributed by atoms with E-state index in [0.717, 1.165) is 13.0 Å². The highest BCUT2D eigenvalue weighted by Crippen LogP contribution is 2.31. The molecule has 0 fully saturated rings. The predicted octanol–water partition coefficient (Wildman–Crippen LogP) is 1.55. The van der Waals surface area contributed by atoms with Crippen LogP contribution in [0.4, 0.5) is 5.95 Å². The van der Waals surface area contributed by atoms with Gasteiger partial charge in [0.05, 0.1) is 13.2 Å². The van der Waals surface area contributed by atoms with Gasteiger partial charge < -0.3 is 15.4 Å². The Bertz CT molecular complexity index is 602. The largest absolute Gasteiger partial charge is 0.481 e. The zero-order chi connectivity index (χ0) is 13.9. The van der Waals surface area contributed by atoms with E-state index < -0.39 is 0 Å². The maximum atomic E-state index is 5.99. The fraction of sp³-hybridized carbons (Fsp3) is 0.333. The highest BCUT2D eigenvalue weighted by atomic mass is 16.5. The van der Waals surface area contributed by atoms with Gasteiger partial charge in [-0.05, 0) is 17.5 Å². The number of methoxy groups -OCH3 is 1. The average molecular weight is 270 g/mol. The van der Waals surface area contributed by atoms with Gasteiger partial charge in [-0.1, -0.05) is 24.3 Å². The summed E-state index contributed by atoms with van der Waals surface area (Å²) >= 11 is 0. The van der Waals surface area contributed by atoms with Crippen LogP contribution in [0.15, 0.2) is 36.5 Å². The van der Waals surface area contributed by atoms with Crippen LogP contribution in [0.25, 0.3) is 0 Å². The zero-order valence-electron chi connectivity index (χ0n) is 11.5. The van der Waals surface area contributed by atoms with Crippen molar-refractivity contribution in [3.63, 3.8) is 0 Å². The van der Waals surface area contributed by atoms with E-state index in [4.69, 9.17) is 10.5 Å². The molecule has 1 aromatic carbocycles. The lowest BCUT2D eigenvalue weighted by Gasteiger charge is -2.36. The summed E-state index contributed by atoms with van der Waals surface area (Å²) in [4.78, 5) is 10.9. The van der Waals surface area contributed by atoms with E-state index in [1.165, 1.54) is 11.1 Å². The highest BCUT2D eigenvalue weighted by Gasteiger charge is 2.27. The first-order valence-electron chi connectivity index (χ1n) is 6.75. The molecule has 0 bridgehead atoms. The lowest BCUT2D eigenvalue weighted by molar-refractivity contribution is 0.395. The van der Waals surface area contributed by atoms with Gasteiger partial charge >= 0.3 is 0 Å². The van der Waals surface area contributed by atoms with E-state index in [9.17, 15) is 0 Å². The Morgan fingerprint density at radius 2 is 2.20 bits per heavy atom. The SMILES string of the molecule is COc1ccnc(N2CCc3ccccc3C2CN)n1. The van der Waals surface area contributed by atoms with Gasteiger partial charge in [-0.3, -0.25) is 0 Å². The normalized spacial score (nSPS) is 17.7. The molecule has 2 N–H and O–H groups in total. The molecule has 1 aliphatic rings. The maximum absolute atomic E-state index is 5.99. The molecule has 0 saturated carbocycles. The van der Waals surface area contributed by atoms with Crippen molar-refractivity contribution < 1.29 is 4.74 Å². The van der Waals surface area contributed by atoms with Crippen LogP contribution in [0.1, 0.15) is 17.2 Å². The summed E-state index contributed by atoms with van der Waals surface area (Å²) in [5, 5.41) is 0. The average Bonchev–Trinajstić information content (AvgIpc) is 2.53. The zero-order valence-corrected chi connectivity index (χ0v) is 11.5. The Labute approximate surface area is 118 Å². The summed E-state index contributed by atoms with van der Waals surface area (Å²) in [7, 11) is 1.61. The molecule has 0 saturated heterocycles. The van der Waals surface area contributed by atoms with Crippen molar-refractivity contribution in [2.24, 2.45) is 5.73 Å². The third kappa shape index (κ3) is 2.20. The van der Waals surface area contributed by atoms with E-state index in [1.54, 1.807) is 19.4 Å². The van der Waals surface area contributed by atoms with Gasteiger partial charge in [0.15, 0.2) is 0 Å². The summed E-state index contributed by atoms with van der Waals surface area (Å²) in [5.41, 5.74) is 8.62. The quantitative estimate of drug-likeness (QED) is 0.916. The number of hydrogen-bond donors (Lipinski definition) is 1. The molecule has 0 amide bonds. The number of fused-ring (bicyclic) bond motifs is 1. The minimum absolute atomic E-state index is 0.118. The highest BCUT2D eigenvalue weighted by molar-refractivity contribution is 5.44. The molecule has 0 aliphatic carbocycles. The molecule has 0 radical (unpaired) electrons. The van der Waals surface area contributed by atoms with Gasteiger partial charge in [0.2, 0.25) is 11.8 Å². The Morgan fingerprint density at radius 3 is 3.00 bits per heavy atom. The van der Waals surface area contributed by atoms with Crippen molar-refractivity contribution in [3.8, 4) is 5.88 Å². The van der Waals surface area contributed by atoms with Crippen LogP contribution in [0.5, 0.6) is 5.88 Å². The third-order valence-corrected chi connectivity index (χ3v) is 3.72. The first kappa shape index (κ1) is 12.9. The summed E-state index contributed by atoms with van der Waals surface area (Å²) in [6.07, 6.45) is 2.70. The number of nitrogens with two attached hydrogens (primary N) is 1. The van der Waals surface area contributed by atoms with Crippen LogP contribution >= 0.6 is 0 Å². The molecule has 2 aromatic rings. The Morgan fingerprint density at radius 1 is 1.35 bits per heavy atom. The molecular weight excluding hydrogens is 252 g/mol. The number of nitrogens with zero attached hydrogens (tertiary/aromatic N) is 3. The van der Waals surface area contributed by atoms with Gasteiger partial charge in [0.25, 0.3) is 0 Å². The molecular formula is C15H18N4O. The first-order chi connectivity index (χ1) is 9.83. The van der Waals surface area contributed by atoms with Crippen molar-refractivity contribution in [2.75, 3.05) is 25.1 Å². The molecule has 1 atom stereocenters. The number of aromatic nitrogens is 2. The molecule has 104 valence electrons. The molecule has 1 aliphatic heterocycles. The number of anilines is 1. The summed E-state index contributed by atoms with van der Waals surface area (Å²) in [5.74, 6) is 1.25. The van der Waals surface area contributed by atoms with Gasteiger partial charge in [0.1, 0.15) is 0 Å². The van der Waals surface area contributed by atoms with E-state index >= 15 is 0 Å². The Hall–Kier alpha value is -2.14. The molecule has 3 rings (SSSR count). The topological polar surface area (TPSA) is 64.3 Å². The Kier molecular flexibility index (Phi) is 3.52. The molecule has 20 heavy (non-hydrogen) atoms. The minimum Gasteiger partial charge on any atom is -0.481 e. The van der Waals surface area contributed by atoms with Gasteiger partial charge in [-0.2, -0.15) is 4.98 Å². The molecule has 1 aromatic heterocycles. The maximum Gasteiger partial charge on any atom is 0.229 e. The van der Waals surface area contributed by atoms with Crippen molar-refractivity contribution in [1.29, 1.82) is 0 Å². The van der Waals surface area contributed by atoms with Crippen LogP contribution in [-0.4, -0.2) is 30.2 Å². The molecule has 1 unspecified atom stereocenters. The van der Waals surface area contributed by atoms with Crippen molar-refractivity contribution in [2.45, 2.75) is 12.5 Å². The standard InChI is InChI=1S/C15H18N4O/c1-20-14-6-8-17-15(18-14)19-9-7-11-4-2-3-5-12(11)13(19)10-16/h2-6,8,13H,7,9-10,16H2,1H3. The monoisotopic (exact) mass is 270 g/mol. The lowest BCUT2D eigenvalue weighted by atomic mass is 9.93. The third-order valence-electron chi connectivity index (χ3n) is 3.72. The van der Waals surface area contributed by atoms with E-state index in [2.05, 4.69) is 39.1 Å². The van der Waals surface area contributed by atoms with Crippen molar-refractivity contribution in [1.82, 2.24) is 9.97 Å².